The van der Waals surface area contributed by atoms with Gasteiger partial charge >= 0.3 is 12.4 Å². The first-order valence-corrected chi connectivity index (χ1v) is 22.0. The van der Waals surface area contributed by atoms with Crippen LogP contribution in [0.25, 0.3) is 99.5 Å². The van der Waals surface area contributed by atoms with Crippen LogP contribution in [0.5, 0.6) is 0 Å². The Balaban J connectivity index is 1.26. The first kappa shape index (κ1) is 42.3. The number of rotatable bonds is 6. The maximum absolute atomic E-state index is 15.0. The highest BCUT2D eigenvalue weighted by molar-refractivity contribution is 6.13. The van der Waals surface area contributed by atoms with Gasteiger partial charge in [-0.25, -0.2) is 0 Å². The monoisotopic (exact) mass is 901 g/mol. The summed E-state index contributed by atoms with van der Waals surface area (Å²) >= 11 is 0. The molecule has 0 amide bonds. The van der Waals surface area contributed by atoms with Crippen LogP contribution >= 0.6 is 0 Å². The second-order valence-corrected chi connectivity index (χ2v) is 17.1. The maximum atomic E-state index is 15.0. The zero-order chi connectivity index (χ0) is 47.1. The number of aromatic nitrogens is 2. The number of halogens is 6. The van der Waals surface area contributed by atoms with Crippen molar-refractivity contribution in [1.29, 1.82) is 5.26 Å². The number of nitriles is 1. The molecule has 3 nitrogen and oxygen atoms in total. The van der Waals surface area contributed by atoms with Gasteiger partial charge < -0.3 is 9.13 Å². The van der Waals surface area contributed by atoms with Crippen molar-refractivity contribution in [2.45, 2.75) is 26.2 Å². The van der Waals surface area contributed by atoms with E-state index < -0.39 is 29.0 Å². The maximum Gasteiger partial charge on any atom is 0.417 e. The van der Waals surface area contributed by atoms with Crippen LogP contribution in [0.4, 0.5) is 26.3 Å². The molecule has 0 N–H and O–H groups in total. The summed E-state index contributed by atoms with van der Waals surface area (Å²) in [6, 6.07) is 58.1. The molecular weight excluding hydrogens is 865 g/mol. The molecule has 2 aromatic heterocycles. The van der Waals surface area contributed by atoms with Gasteiger partial charge in [-0.05, 0) is 132 Å². The lowest BCUT2D eigenvalue weighted by Crippen LogP contribution is -2.14. The predicted octanol–water partition coefficient (Wildman–Crippen LogP) is 17.1. The molecule has 0 spiro atoms. The second kappa shape index (κ2) is 15.9. The van der Waals surface area contributed by atoms with Crippen LogP contribution < -0.4 is 0 Å². The summed E-state index contributed by atoms with van der Waals surface area (Å²) in [7, 11) is 0. The summed E-state index contributed by atoms with van der Waals surface area (Å²) in [5.41, 5.74) is 7.42. The van der Waals surface area contributed by atoms with E-state index in [-0.39, 0.29) is 11.1 Å². The van der Waals surface area contributed by atoms with Crippen LogP contribution in [0.1, 0.15) is 27.8 Å². The molecule has 11 aromatic rings. The molecule has 0 aliphatic carbocycles. The molecule has 0 fully saturated rings. The number of para-hydroxylation sites is 2. The smallest absolute Gasteiger partial charge is 0.309 e. The molecule has 2 heterocycles. The molecule has 0 saturated carbocycles. The minimum atomic E-state index is -5.12. The van der Waals surface area contributed by atoms with Gasteiger partial charge in [-0.2, -0.15) is 31.6 Å². The fourth-order valence-electron chi connectivity index (χ4n) is 10.0. The fraction of sp³-hybridized carbons (Fsp3) is 0.0678. The van der Waals surface area contributed by atoms with Crippen molar-refractivity contribution in [2.24, 2.45) is 0 Å². The number of hydrogen-bond donors (Lipinski definition) is 0. The Kier molecular flexibility index (Phi) is 9.90. The van der Waals surface area contributed by atoms with Gasteiger partial charge in [0.2, 0.25) is 0 Å². The number of nitrogens with zero attached hydrogens (tertiary/aromatic N) is 3. The third kappa shape index (κ3) is 6.91. The van der Waals surface area contributed by atoms with Crippen LogP contribution in [-0.2, 0) is 12.4 Å². The molecule has 68 heavy (non-hydrogen) atoms. The molecule has 9 aromatic carbocycles. The zero-order valence-electron chi connectivity index (χ0n) is 36.5. The molecule has 0 radical (unpaired) electrons. The van der Waals surface area contributed by atoms with Crippen molar-refractivity contribution < 1.29 is 26.3 Å². The minimum absolute atomic E-state index is 0.250. The van der Waals surface area contributed by atoms with Crippen LogP contribution in [0.15, 0.2) is 188 Å². The SMILES string of the molecule is Cc1ccccc1-c1ccc2c(c1)c1ccccc1n2-c1ccc(C#N)cc1-c1cc(-c2c(C(F)(F)F)cccc2C(F)(F)F)ccc1-n1c2ccccc2c2cc(-c3ccccc3C)ccc21. The number of aryl methyl sites for hydroxylation is 2. The van der Waals surface area contributed by atoms with Crippen molar-refractivity contribution in [1.82, 2.24) is 9.13 Å². The highest BCUT2D eigenvalue weighted by atomic mass is 19.4. The Morgan fingerprint density at radius 1 is 0.382 bits per heavy atom. The van der Waals surface area contributed by atoms with Gasteiger partial charge in [-0.1, -0.05) is 109 Å². The standard InChI is InChI=1S/C59H37F6N3/c1-35-12-3-5-14-41(35)38-23-27-54-46(31-38)43-16-7-9-20-51(43)67(54)53-26-22-37(34-66)30-45(53)48-33-40(57-49(58(60,61)62)18-11-19-50(57)59(63,64)65)25-29-56(48)68-52-21-10-8-17-44(52)47-32-39(24-28-55(47)68)42-15-6-4-13-36(42)2/h3-33H,1-2H3. The lowest BCUT2D eigenvalue weighted by molar-refractivity contribution is -0.142. The Labute approximate surface area is 387 Å². The van der Waals surface area contributed by atoms with E-state index in [1.807, 2.05) is 115 Å². The zero-order valence-corrected chi connectivity index (χ0v) is 36.5. The van der Waals surface area contributed by atoms with Crippen molar-refractivity contribution in [3.63, 3.8) is 0 Å². The first-order valence-electron chi connectivity index (χ1n) is 22.0. The van der Waals surface area contributed by atoms with E-state index >= 15 is 0 Å². The number of benzene rings is 9. The van der Waals surface area contributed by atoms with E-state index in [0.717, 1.165) is 83.1 Å². The average Bonchev–Trinajstić information content (AvgIpc) is 3.85. The molecule has 11 rings (SSSR count). The Morgan fingerprint density at radius 3 is 1.29 bits per heavy atom. The molecule has 0 aliphatic heterocycles. The van der Waals surface area contributed by atoms with Crippen molar-refractivity contribution in [3.8, 4) is 62.0 Å². The first-order chi connectivity index (χ1) is 32.8. The molecule has 0 atom stereocenters. The Hall–Kier alpha value is -8.35. The van der Waals surface area contributed by atoms with Crippen molar-refractivity contribution in [3.05, 3.63) is 216 Å². The lowest BCUT2D eigenvalue weighted by Gasteiger charge is -2.22. The van der Waals surface area contributed by atoms with E-state index in [2.05, 4.69) is 47.9 Å². The van der Waals surface area contributed by atoms with Gasteiger partial charge in [0.05, 0.1) is 56.2 Å². The largest absolute Gasteiger partial charge is 0.417 e. The van der Waals surface area contributed by atoms with Crippen LogP contribution in [0.2, 0.25) is 0 Å². The number of fused-ring (bicyclic) bond motifs is 6. The molecule has 9 heteroatoms. The van der Waals surface area contributed by atoms with Gasteiger partial charge in [-0.15, -0.1) is 0 Å². The molecular formula is C59H37F6N3. The summed E-state index contributed by atoms with van der Waals surface area (Å²) in [5.74, 6) is 0. The highest BCUT2D eigenvalue weighted by Crippen LogP contribution is 2.48. The van der Waals surface area contributed by atoms with Gasteiger partial charge in [-0.3, -0.25) is 0 Å². The van der Waals surface area contributed by atoms with E-state index in [1.54, 1.807) is 24.3 Å². The van der Waals surface area contributed by atoms with Crippen molar-refractivity contribution >= 4 is 43.6 Å². The summed E-state index contributed by atoms with van der Waals surface area (Å²) < 4.78 is 93.8. The fourth-order valence-corrected chi connectivity index (χ4v) is 10.0. The Morgan fingerprint density at radius 2 is 0.809 bits per heavy atom. The van der Waals surface area contributed by atoms with Gasteiger partial charge in [0.15, 0.2) is 0 Å². The van der Waals surface area contributed by atoms with Gasteiger partial charge in [0, 0.05) is 38.2 Å². The summed E-state index contributed by atoms with van der Waals surface area (Å²) in [6.45, 7) is 4.10. The predicted molar refractivity (Wildman–Crippen MR) is 261 cm³/mol. The summed E-state index contributed by atoms with van der Waals surface area (Å²) in [4.78, 5) is 0. The van der Waals surface area contributed by atoms with Crippen molar-refractivity contribution in [2.75, 3.05) is 0 Å². The lowest BCUT2D eigenvalue weighted by atomic mass is 9.90. The summed E-state index contributed by atoms with van der Waals surface area (Å²) in [5, 5.41) is 14.1. The van der Waals surface area contributed by atoms with E-state index in [0.29, 0.717) is 34.6 Å². The van der Waals surface area contributed by atoms with E-state index in [4.69, 9.17) is 0 Å². The molecule has 0 unspecified atom stereocenters. The number of hydrogen-bond acceptors (Lipinski definition) is 1. The van der Waals surface area contributed by atoms with Gasteiger partial charge in [0.25, 0.3) is 0 Å². The topological polar surface area (TPSA) is 33.6 Å². The quantitative estimate of drug-likeness (QED) is 0.153. The van der Waals surface area contributed by atoms with Crippen LogP contribution in [-0.4, -0.2) is 9.13 Å². The third-order valence-electron chi connectivity index (χ3n) is 13.1. The third-order valence-corrected chi connectivity index (χ3v) is 13.1. The van der Waals surface area contributed by atoms with Crippen LogP contribution in [0.3, 0.4) is 0 Å². The van der Waals surface area contributed by atoms with E-state index in [9.17, 15) is 31.6 Å². The molecule has 0 bridgehead atoms. The minimum Gasteiger partial charge on any atom is -0.309 e. The van der Waals surface area contributed by atoms with Crippen LogP contribution in [0, 0.1) is 25.2 Å². The van der Waals surface area contributed by atoms with Gasteiger partial charge in [0.1, 0.15) is 0 Å². The normalized spacial score (nSPS) is 12.1. The van der Waals surface area contributed by atoms with E-state index in [1.165, 1.54) is 12.1 Å². The molecule has 330 valence electrons. The number of alkyl halides is 6. The Bertz CT molecular complexity index is 3850. The average molecular weight is 902 g/mol. The molecule has 0 aliphatic rings. The summed E-state index contributed by atoms with van der Waals surface area (Å²) in [6.07, 6.45) is -10.2. The second-order valence-electron chi connectivity index (χ2n) is 17.1. The highest BCUT2D eigenvalue weighted by Gasteiger charge is 2.41. The molecule has 0 saturated heterocycles.